The largest absolute Gasteiger partial charge is 0.340 e. The Morgan fingerprint density at radius 1 is 1.24 bits per heavy atom. The van der Waals surface area contributed by atoms with Gasteiger partial charge >= 0.3 is 0 Å². The highest BCUT2D eigenvalue weighted by Gasteiger charge is 2.20. The summed E-state index contributed by atoms with van der Waals surface area (Å²) in [7, 11) is 2.01. The summed E-state index contributed by atoms with van der Waals surface area (Å²) >= 11 is 3.57. The van der Waals surface area contributed by atoms with Crippen LogP contribution in [0.1, 0.15) is 24.0 Å². The molecule has 0 saturated heterocycles. The molecule has 4 nitrogen and oxygen atoms in total. The van der Waals surface area contributed by atoms with Crippen molar-refractivity contribution in [3.05, 3.63) is 52.3 Å². The molecule has 0 aliphatic heterocycles. The summed E-state index contributed by atoms with van der Waals surface area (Å²) in [5.74, 6) is 0.751. The van der Waals surface area contributed by atoms with Crippen LogP contribution in [-0.2, 0) is 13.1 Å². The molecule has 1 aromatic heterocycles. The monoisotopic (exact) mass is 346 g/mol. The van der Waals surface area contributed by atoms with E-state index >= 15 is 0 Å². The second-order valence-electron chi connectivity index (χ2n) is 5.49. The number of aromatic nitrogens is 2. The average molecular weight is 347 g/mol. The van der Waals surface area contributed by atoms with Gasteiger partial charge in [0.15, 0.2) is 0 Å². The fourth-order valence-corrected chi connectivity index (χ4v) is 2.55. The standard InChI is InChI=1S/C16H19BrN4/c1-21(11-13-4-2-3-5-15(13)17)16-19-9-12(10-20-16)8-18-14-6-7-14/h2-5,9-10,14,18H,6-8,11H2,1H3. The van der Waals surface area contributed by atoms with Crippen LogP contribution in [0.4, 0.5) is 5.95 Å². The van der Waals surface area contributed by atoms with Crippen LogP contribution >= 0.6 is 15.9 Å². The summed E-state index contributed by atoms with van der Waals surface area (Å²) in [6, 6.07) is 8.93. The lowest BCUT2D eigenvalue weighted by atomic mass is 10.2. The minimum Gasteiger partial charge on any atom is -0.340 e. The first-order valence-corrected chi connectivity index (χ1v) is 8.00. The Labute approximate surface area is 133 Å². The highest BCUT2D eigenvalue weighted by Crippen LogP contribution is 2.20. The molecule has 1 heterocycles. The van der Waals surface area contributed by atoms with Gasteiger partial charge in [0.1, 0.15) is 0 Å². The van der Waals surface area contributed by atoms with Gasteiger partial charge in [0.25, 0.3) is 0 Å². The number of nitrogens with one attached hydrogen (secondary N) is 1. The molecular formula is C16H19BrN4. The molecule has 0 spiro atoms. The fraction of sp³-hybridized carbons (Fsp3) is 0.375. The predicted octanol–water partition coefficient (Wildman–Crippen LogP) is 3.13. The van der Waals surface area contributed by atoms with Gasteiger partial charge in [-0.05, 0) is 24.5 Å². The van der Waals surface area contributed by atoms with E-state index in [0.29, 0.717) is 6.04 Å². The van der Waals surface area contributed by atoms with Crippen LogP contribution in [-0.4, -0.2) is 23.1 Å². The van der Waals surface area contributed by atoms with Crippen LogP contribution in [0.3, 0.4) is 0 Å². The normalized spacial score (nSPS) is 14.2. The maximum atomic E-state index is 4.46. The molecule has 3 rings (SSSR count). The van der Waals surface area contributed by atoms with Crippen molar-refractivity contribution in [3.8, 4) is 0 Å². The number of benzene rings is 1. The Hall–Kier alpha value is -1.46. The molecule has 0 amide bonds. The Morgan fingerprint density at radius 3 is 2.62 bits per heavy atom. The molecule has 2 aromatic rings. The average Bonchev–Trinajstić information content (AvgIpc) is 3.32. The smallest absolute Gasteiger partial charge is 0.225 e. The molecule has 1 saturated carbocycles. The van der Waals surface area contributed by atoms with E-state index in [-0.39, 0.29) is 0 Å². The van der Waals surface area contributed by atoms with E-state index in [1.807, 2.05) is 31.6 Å². The number of halogens is 1. The van der Waals surface area contributed by atoms with Crippen molar-refractivity contribution in [3.63, 3.8) is 0 Å². The molecule has 21 heavy (non-hydrogen) atoms. The molecule has 1 fully saturated rings. The van der Waals surface area contributed by atoms with Crippen LogP contribution in [0.5, 0.6) is 0 Å². The third-order valence-corrected chi connectivity index (χ3v) is 4.34. The Kier molecular flexibility index (Phi) is 4.51. The summed E-state index contributed by atoms with van der Waals surface area (Å²) in [6.07, 6.45) is 6.42. The Morgan fingerprint density at radius 2 is 1.95 bits per heavy atom. The molecule has 1 aromatic carbocycles. The van der Waals surface area contributed by atoms with Crippen LogP contribution < -0.4 is 10.2 Å². The van der Waals surface area contributed by atoms with Crippen LogP contribution in [0.2, 0.25) is 0 Å². The van der Waals surface area contributed by atoms with Gasteiger partial charge in [-0.3, -0.25) is 0 Å². The fourth-order valence-electron chi connectivity index (χ4n) is 2.14. The zero-order valence-electron chi connectivity index (χ0n) is 12.1. The second-order valence-corrected chi connectivity index (χ2v) is 6.35. The van der Waals surface area contributed by atoms with E-state index < -0.39 is 0 Å². The minimum atomic E-state index is 0.711. The Balaban J connectivity index is 1.61. The van der Waals surface area contributed by atoms with Crippen molar-refractivity contribution in [2.45, 2.75) is 32.0 Å². The minimum absolute atomic E-state index is 0.711. The van der Waals surface area contributed by atoms with Crippen molar-refractivity contribution in [1.29, 1.82) is 0 Å². The lowest BCUT2D eigenvalue weighted by Crippen LogP contribution is -2.20. The summed E-state index contributed by atoms with van der Waals surface area (Å²) in [5, 5.41) is 3.47. The van der Waals surface area contributed by atoms with Crippen molar-refractivity contribution in [1.82, 2.24) is 15.3 Å². The van der Waals surface area contributed by atoms with Crippen molar-refractivity contribution < 1.29 is 0 Å². The number of hydrogen-bond donors (Lipinski definition) is 1. The van der Waals surface area contributed by atoms with Gasteiger partial charge in [-0.25, -0.2) is 9.97 Å². The van der Waals surface area contributed by atoms with Gasteiger partial charge in [-0.1, -0.05) is 34.1 Å². The van der Waals surface area contributed by atoms with Gasteiger partial charge in [-0.15, -0.1) is 0 Å². The predicted molar refractivity (Wildman–Crippen MR) is 88.1 cm³/mol. The molecule has 1 aliphatic carbocycles. The molecule has 0 unspecified atom stereocenters. The van der Waals surface area contributed by atoms with Gasteiger partial charge in [0, 0.05) is 48.6 Å². The third kappa shape index (κ3) is 4.02. The quantitative estimate of drug-likeness (QED) is 0.872. The zero-order chi connectivity index (χ0) is 14.7. The van der Waals surface area contributed by atoms with Crippen molar-refractivity contribution >= 4 is 21.9 Å². The summed E-state index contributed by atoms with van der Waals surface area (Å²) in [4.78, 5) is 11.0. The molecule has 0 atom stereocenters. The lowest BCUT2D eigenvalue weighted by molar-refractivity contribution is 0.682. The molecule has 0 bridgehead atoms. The molecule has 0 radical (unpaired) electrons. The first-order valence-electron chi connectivity index (χ1n) is 7.21. The highest BCUT2D eigenvalue weighted by atomic mass is 79.9. The molecule has 5 heteroatoms. The first-order chi connectivity index (χ1) is 10.2. The van der Waals surface area contributed by atoms with E-state index in [1.165, 1.54) is 18.4 Å². The molecule has 1 aliphatic rings. The summed E-state index contributed by atoms with van der Waals surface area (Å²) < 4.78 is 1.11. The van der Waals surface area contributed by atoms with Crippen LogP contribution in [0.25, 0.3) is 0 Å². The van der Waals surface area contributed by atoms with E-state index in [1.54, 1.807) is 0 Å². The summed E-state index contributed by atoms with van der Waals surface area (Å²) in [5.41, 5.74) is 2.36. The van der Waals surface area contributed by atoms with Crippen LogP contribution in [0, 0.1) is 0 Å². The van der Waals surface area contributed by atoms with E-state index in [9.17, 15) is 0 Å². The van der Waals surface area contributed by atoms with Crippen molar-refractivity contribution in [2.24, 2.45) is 0 Å². The SMILES string of the molecule is CN(Cc1ccccc1Br)c1ncc(CNC2CC2)cn1. The van der Waals surface area contributed by atoms with E-state index in [4.69, 9.17) is 0 Å². The lowest BCUT2D eigenvalue weighted by Gasteiger charge is -2.18. The van der Waals surface area contributed by atoms with E-state index in [2.05, 4.69) is 48.2 Å². The zero-order valence-corrected chi connectivity index (χ0v) is 13.7. The van der Waals surface area contributed by atoms with Crippen LogP contribution in [0.15, 0.2) is 41.1 Å². The van der Waals surface area contributed by atoms with E-state index in [0.717, 1.165) is 29.1 Å². The second kappa shape index (κ2) is 6.54. The highest BCUT2D eigenvalue weighted by molar-refractivity contribution is 9.10. The molecular weight excluding hydrogens is 328 g/mol. The first kappa shape index (κ1) is 14.5. The Bertz CT molecular complexity index is 595. The third-order valence-electron chi connectivity index (χ3n) is 3.57. The topological polar surface area (TPSA) is 41.1 Å². The van der Waals surface area contributed by atoms with Gasteiger partial charge in [0.05, 0.1) is 0 Å². The maximum absolute atomic E-state index is 4.46. The number of hydrogen-bond acceptors (Lipinski definition) is 4. The molecule has 110 valence electrons. The van der Waals surface area contributed by atoms with Gasteiger partial charge < -0.3 is 10.2 Å². The molecule has 1 N–H and O–H groups in total. The maximum Gasteiger partial charge on any atom is 0.225 e. The van der Waals surface area contributed by atoms with Crippen molar-refractivity contribution in [2.75, 3.05) is 11.9 Å². The summed E-state index contributed by atoms with van der Waals surface area (Å²) in [6.45, 7) is 1.64. The number of nitrogens with zero attached hydrogens (tertiary/aromatic N) is 3. The van der Waals surface area contributed by atoms with Gasteiger partial charge in [-0.2, -0.15) is 0 Å². The number of anilines is 1. The number of rotatable bonds is 6. The van der Waals surface area contributed by atoms with Gasteiger partial charge in [0.2, 0.25) is 5.95 Å².